The van der Waals surface area contributed by atoms with Gasteiger partial charge in [0.1, 0.15) is 5.82 Å². The van der Waals surface area contributed by atoms with Crippen molar-refractivity contribution in [3.05, 3.63) is 60.1 Å². The summed E-state index contributed by atoms with van der Waals surface area (Å²) in [5.41, 5.74) is 1.07. The molecule has 2 rings (SSSR count). The van der Waals surface area contributed by atoms with Crippen LogP contribution in [0.2, 0.25) is 0 Å². The lowest BCUT2D eigenvalue weighted by atomic mass is 10.2. The molecule has 0 spiro atoms. The number of hydrogen-bond donors (Lipinski definition) is 2. The number of anilines is 1. The van der Waals surface area contributed by atoms with Crippen molar-refractivity contribution >= 4 is 23.8 Å². The maximum atomic E-state index is 11.8. The molecule has 6 heteroatoms. The van der Waals surface area contributed by atoms with Gasteiger partial charge >= 0.3 is 5.97 Å². The quantitative estimate of drug-likeness (QED) is 0.826. The molecule has 2 aromatic rings. The fourth-order valence-electron chi connectivity index (χ4n) is 1.43. The topological polar surface area (TPSA) is 92.2 Å². The summed E-state index contributed by atoms with van der Waals surface area (Å²) in [5, 5.41) is 11.1. The van der Waals surface area contributed by atoms with E-state index in [1.54, 1.807) is 30.5 Å². The molecule has 2 N–H and O–H groups in total. The van der Waals surface area contributed by atoms with Crippen LogP contribution in [0.1, 0.15) is 15.9 Å². The van der Waals surface area contributed by atoms with E-state index < -0.39 is 5.97 Å². The highest BCUT2D eigenvalue weighted by molar-refractivity contribution is 6.03. The molecule has 0 aliphatic rings. The van der Waals surface area contributed by atoms with Crippen LogP contribution in [-0.4, -0.2) is 27.0 Å². The molecule has 0 bridgehead atoms. The summed E-state index contributed by atoms with van der Waals surface area (Å²) < 4.78 is 0. The Kier molecular flexibility index (Phi) is 4.18. The van der Waals surface area contributed by atoms with Gasteiger partial charge in [-0.2, -0.15) is 0 Å². The van der Waals surface area contributed by atoms with E-state index in [1.807, 2.05) is 0 Å². The Labute approximate surface area is 114 Å². The molecule has 6 nitrogen and oxygen atoms in total. The van der Waals surface area contributed by atoms with E-state index in [1.165, 1.54) is 18.5 Å². The molecule has 0 aliphatic heterocycles. The fourth-order valence-corrected chi connectivity index (χ4v) is 1.43. The number of rotatable bonds is 4. The van der Waals surface area contributed by atoms with Gasteiger partial charge in [-0.25, -0.2) is 9.78 Å². The van der Waals surface area contributed by atoms with Gasteiger partial charge in [0, 0.05) is 24.7 Å². The number of carbonyl (C=O) groups excluding carboxylic acids is 1. The Morgan fingerprint density at radius 1 is 1.20 bits per heavy atom. The third-order valence-electron chi connectivity index (χ3n) is 2.37. The number of nitrogens with one attached hydrogen (secondary N) is 1. The van der Waals surface area contributed by atoms with Crippen LogP contribution in [0, 0.1) is 0 Å². The van der Waals surface area contributed by atoms with Gasteiger partial charge < -0.3 is 10.4 Å². The predicted octanol–water partition coefficient (Wildman–Crippen LogP) is 1.83. The second kappa shape index (κ2) is 6.24. The highest BCUT2D eigenvalue weighted by Crippen LogP contribution is 2.08. The molecule has 0 saturated carbocycles. The first-order chi connectivity index (χ1) is 9.65. The summed E-state index contributed by atoms with van der Waals surface area (Å²) in [6, 6.07) is 6.57. The largest absolute Gasteiger partial charge is 0.478 e. The Morgan fingerprint density at radius 3 is 2.65 bits per heavy atom. The van der Waals surface area contributed by atoms with E-state index in [0.717, 1.165) is 6.08 Å². The number of aliphatic carboxylic acids is 1. The van der Waals surface area contributed by atoms with Gasteiger partial charge in [0.05, 0.1) is 5.56 Å². The van der Waals surface area contributed by atoms with E-state index >= 15 is 0 Å². The van der Waals surface area contributed by atoms with E-state index in [-0.39, 0.29) is 5.91 Å². The van der Waals surface area contributed by atoms with Crippen molar-refractivity contribution in [2.75, 3.05) is 5.32 Å². The molecule has 0 atom stereocenters. The summed E-state index contributed by atoms with van der Waals surface area (Å²) in [6.45, 7) is 0. The second-order valence-electron chi connectivity index (χ2n) is 3.84. The standard InChI is InChI=1S/C14H11N3O3/c18-13(19)6-4-10-3-5-12(16-8-10)17-14(20)11-2-1-7-15-9-11/h1-9H,(H,18,19)(H,16,17,20). The predicted molar refractivity (Wildman–Crippen MR) is 73.1 cm³/mol. The normalized spacial score (nSPS) is 10.4. The number of amides is 1. The molecule has 0 aliphatic carbocycles. The first kappa shape index (κ1) is 13.4. The van der Waals surface area contributed by atoms with Gasteiger partial charge in [-0.3, -0.25) is 9.78 Å². The number of pyridine rings is 2. The number of carboxylic acids is 1. The van der Waals surface area contributed by atoms with Gasteiger partial charge in [-0.15, -0.1) is 0 Å². The van der Waals surface area contributed by atoms with Crippen molar-refractivity contribution < 1.29 is 14.7 Å². The Hall–Kier alpha value is -3.02. The van der Waals surface area contributed by atoms with Crippen molar-refractivity contribution in [1.29, 1.82) is 0 Å². The van der Waals surface area contributed by atoms with Crippen LogP contribution in [0.25, 0.3) is 6.08 Å². The lowest BCUT2D eigenvalue weighted by molar-refractivity contribution is -0.131. The lowest BCUT2D eigenvalue weighted by Crippen LogP contribution is -2.12. The molecule has 0 saturated heterocycles. The third kappa shape index (κ3) is 3.74. The highest BCUT2D eigenvalue weighted by atomic mass is 16.4. The van der Waals surface area contributed by atoms with Gasteiger partial charge in [0.15, 0.2) is 0 Å². The van der Waals surface area contributed by atoms with Gasteiger partial charge in [0.25, 0.3) is 5.91 Å². The fraction of sp³-hybridized carbons (Fsp3) is 0. The summed E-state index contributed by atoms with van der Waals surface area (Å²) in [7, 11) is 0. The van der Waals surface area contributed by atoms with Gasteiger partial charge in [-0.1, -0.05) is 0 Å². The average molecular weight is 269 g/mol. The summed E-state index contributed by atoms with van der Waals surface area (Å²) in [6.07, 6.45) is 6.95. The number of carbonyl (C=O) groups is 2. The first-order valence-corrected chi connectivity index (χ1v) is 5.73. The molecule has 2 aromatic heterocycles. The molecule has 0 unspecified atom stereocenters. The Morgan fingerprint density at radius 2 is 2.05 bits per heavy atom. The molecule has 0 aromatic carbocycles. The zero-order chi connectivity index (χ0) is 14.4. The summed E-state index contributed by atoms with van der Waals surface area (Å²) in [5.74, 6) is -0.954. The number of nitrogens with zero attached hydrogens (tertiary/aromatic N) is 2. The maximum absolute atomic E-state index is 11.8. The van der Waals surface area contributed by atoms with E-state index in [9.17, 15) is 9.59 Å². The van der Waals surface area contributed by atoms with Crippen molar-refractivity contribution in [2.45, 2.75) is 0 Å². The SMILES string of the molecule is O=C(O)C=Cc1ccc(NC(=O)c2cccnc2)nc1. The minimum Gasteiger partial charge on any atom is -0.478 e. The molecule has 20 heavy (non-hydrogen) atoms. The van der Waals surface area contributed by atoms with Gasteiger partial charge in [-0.05, 0) is 35.9 Å². The zero-order valence-electron chi connectivity index (χ0n) is 10.4. The van der Waals surface area contributed by atoms with Crippen LogP contribution in [0.4, 0.5) is 5.82 Å². The number of carboxylic acid groups (broad SMARTS) is 1. The number of hydrogen-bond acceptors (Lipinski definition) is 4. The molecular weight excluding hydrogens is 258 g/mol. The zero-order valence-corrected chi connectivity index (χ0v) is 10.4. The van der Waals surface area contributed by atoms with E-state index in [4.69, 9.17) is 5.11 Å². The van der Waals surface area contributed by atoms with Gasteiger partial charge in [0.2, 0.25) is 0 Å². The number of aromatic nitrogens is 2. The summed E-state index contributed by atoms with van der Waals surface area (Å²) in [4.78, 5) is 30.1. The van der Waals surface area contributed by atoms with Crippen LogP contribution in [0.5, 0.6) is 0 Å². The van der Waals surface area contributed by atoms with Crippen molar-refractivity contribution in [2.24, 2.45) is 0 Å². The third-order valence-corrected chi connectivity index (χ3v) is 2.37. The van der Waals surface area contributed by atoms with Crippen molar-refractivity contribution in [3.8, 4) is 0 Å². The molecule has 0 radical (unpaired) electrons. The minimum absolute atomic E-state index is 0.306. The van der Waals surface area contributed by atoms with Crippen LogP contribution in [-0.2, 0) is 4.79 Å². The van der Waals surface area contributed by atoms with Crippen LogP contribution >= 0.6 is 0 Å². The van der Waals surface area contributed by atoms with E-state index in [2.05, 4.69) is 15.3 Å². The lowest BCUT2D eigenvalue weighted by Gasteiger charge is -2.04. The van der Waals surface area contributed by atoms with Crippen LogP contribution < -0.4 is 5.32 Å². The summed E-state index contributed by atoms with van der Waals surface area (Å²) >= 11 is 0. The highest BCUT2D eigenvalue weighted by Gasteiger charge is 2.05. The maximum Gasteiger partial charge on any atom is 0.328 e. The molecule has 2 heterocycles. The Bertz CT molecular complexity index is 636. The molecule has 100 valence electrons. The smallest absolute Gasteiger partial charge is 0.328 e. The minimum atomic E-state index is -1.03. The van der Waals surface area contributed by atoms with Crippen molar-refractivity contribution in [1.82, 2.24) is 9.97 Å². The Balaban J connectivity index is 2.04. The second-order valence-corrected chi connectivity index (χ2v) is 3.84. The molecule has 0 fully saturated rings. The first-order valence-electron chi connectivity index (χ1n) is 5.73. The van der Waals surface area contributed by atoms with Crippen LogP contribution in [0.15, 0.2) is 48.9 Å². The average Bonchev–Trinajstić information content (AvgIpc) is 2.47. The van der Waals surface area contributed by atoms with Crippen molar-refractivity contribution in [3.63, 3.8) is 0 Å². The van der Waals surface area contributed by atoms with Crippen LogP contribution in [0.3, 0.4) is 0 Å². The van der Waals surface area contributed by atoms with E-state index in [0.29, 0.717) is 16.9 Å². The molecular formula is C14H11N3O3. The monoisotopic (exact) mass is 269 g/mol. The molecule has 1 amide bonds.